The number of esters is 1. The zero-order valence-electron chi connectivity index (χ0n) is 14.9. The van der Waals surface area contributed by atoms with Crippen molar-refractivity contribution in [3.05, 3.63) is 59.2 Å². The first-order valence-corrected chi connectivity index (χ1v) is 7.78. The number of para-hydroxylation sites is 1. The number of rotatable bonds is 7. The molecule has 0 aromatic heterocycles. The third-order valence-corrected chi connectivity index (χ3v) is 3.64. The highest BCUT2D eigenvalue weighted by Crippen LogP contribution is 2.31. The van der Waals surface area contributed by atoms with Crippen molar-refractivity contribution in [2.45, 2.75) is 13.5 Å². The minimum Gasteiger partial charge on any atom is -0.496 e. The second-order valence-corrected chi connectivity index (χ2v) is 5.34. The first-order valence-electron chi connectivity index (χ1n) is 7.78. The van der Waals surface area contributed by atoms with E-state index in [0.29, 0.717) is 17.2 Å². The Kier molecular flexibility index (Phi) is 6.46. The lowest BCUT2D eigenvalue weighted by molar-refractivity contribution is -0.138. The quantitative estimate of drug-likeness (QED) is 0.566. The third kappa shape index (κ3) is 4.76. The number of carbonyl (C=O) groups excluding carboxylic acids is 1. The maximum absolute atomic E-state index is 12.0. The molecular weight excluding hydrogens is 320 g/mol. The Labute approximate surface area is 147 Å². The first-order chi connectivity index (χ1) is 12.1. The van der Waals surface area contributed by atoms with Crippen LogP contribution in [0.15, 0.2) is 42.5 Å². The van der Waals surface area contributed by atoms with Crippen molar-refractivity contribution in [3.8, 4) is 17.2 Å². The monoisotopic (exact) mass is 342 g/mol. The van der Waals surface area contributed by atoms with E-state index in [2.05, 4.69) is 0 Å². The summed E-state index contributed by atoms with van der Waals surface area (Å²) in [7, 11) is 4.71. The maximum atomic E-state index is 12.0. The van der Waals surface area contributed by atoms with E-state index in [9.17, 15) is 4.79 Å². The Morgan fingerprint density at radius 1 is 1.00 bits per heavy atom. The van der Waals surface area contributed by atoms with Gasteiger partial charge in [-0.05, 0) is 31.2 Å². The second-order valence-electron chi connectivity index (χ2n) is 5.34. The Balaban J connectivity index is 2.06. The van der Waals surface area contributed by atoms with Crippen molar-refractivity contribution in [3.63, 3.8) is 0 Å². The van der Waals surface area contributed by atoms with E-state index in [4.69, 9.17) is 18.9 Å². The van der Waals surface area contributed by atoms with Crippen LogP contribution in [0.3, 0.4) is 0 Å². The summed E-state index contributed by atoms with van der Waals surface area (Å²) in [5, 5.41) is 0. The van der Waals surface area contributed by atoms with Crippen LogP contribution in [0.4, 0.5) is 0 Å². The fourth-order valence-corrected chi connectivity index (χ4v) is 2.42. The summed E-state index contributed by atoms with van der Waals surface area (Å²) >= 11 is 0. The van der Waals surface area contributed by atoms with Crippen molar-refractivity contribution < 1.29 is 23.7 Å². The summed E-state index contributed by atoms with van der Waals surface area (Å²) in [5.41, 5.74) is 2.62. The normalized spacial score (nSPS) is 10.6. The highest BCUT2D eigenvalue weighted by atomic mass is 16.5. The number of aryl methyl sites for hydroxylation is 1. The van der Waals surface area contributed by atoms with Gasteiger partial charge in [0.05, 0.1) is 21.3 Å². The van der Waals surface area contributed by atoms with Crippen molar-refractivity contribution in [1.82, 2.24) is 0 Å². The van der Waals surface area contributed by atoms with Gasteiger partial charge >= 0.3 is 5.97 Å². The van der Waals surface area contributed by atoms with Crippen LogP contribution in [0.1, 0.15) is 16.7 Å². The van der Waals surface area contributed by atoms with Crippen molar-refractivity contribution >= 4 is 12.0 Å². The van der Waals surface area contributed by atoms with Gasteiger partial charge in [0.1, 0.15) is 12.4 Å². The Hall–Kier alpha value is -2.95. The van der Waals surface area contributed by atoms with Gasteiger partial charge < -0.3 is 18.9 Å². The molecule has 0 saturated heterocycles. The fraction of sp³-hybridized carbons (Fsp3) is 0.250. The van der Waals surface area contributed by atoms with Gasteiger partial charge in [-0.1, -0.05) is 23.8 Å². The van der Waals surface area contributed by atoms with Crippen molar-refractivity contribution in [1.29, 1.82) is 0 Å². The summed E-state index contributed by atoms with van der Waals surface area (Å²) in [6, 6.07) is 11.2. The van der Waals surface area contributed by atoms with E-state index in [1.165, 1.54) is 6.08 Å². The summed E-state index contributed by atoms with van der Waals surface area (Å²) in [4.78, 5) is 12.0. The van der Waals surface area contributed by atoms with E-state index < -0.39 is 5.97 Å². The molecule has 0 saturated carbocycles. The lowest BCUT2D eigenvalue weighted by atomic mass is 10.1. The smallest absolute Gasteiger partial charge is 0.331 e. The number of hydrogen-bond acceptors (Lipinski definition) is 5. The number of hydrogen-bond donors (Lipinski definition) is 0. The molecular formula is C20H22O5. The molecule has 0 aliphatic carbocycles. The largest absolute Gasteiger partial charge is 0.496 e. The molecule has 5 heteroatoms. The van der Waals surface area contributed by atoms with E-state index in [1.807, 2.05) is 37.3 Å². The molecule has 0 radical (unpaired) electrons. The Morgan fingerprint density at radius 2 is 1.76 bits per heavy atom. The van der Waals surface area contributed by atoms with Gasteiger partial charge in [0.25, 0.3) is 0 Å². The van der Waals surface area contributed by atoms with E-state index >= 15 is 0 Å². The van der Waals surface area contributed by atoms with Gasteiger partial charge in [-0.25, -0.2) is 4.79 Å². The molecule has 0 spiro atoms. The van der Waals surface area contributed by atoms with Gasteiger partial charge in [-0.2, -0.15) is 0 Å². The summed E-state index contributed by atoms with van der Waals surface area (Å²) < 4.78 is 21.1. The molecule has 2 aromatic rings. The van der Waals surface area contributed by atoms with Crippen LogP contribution >= 0.6 is 0 Å². The molecule has 2 aromatic carbocycles. The molecule has 0 amide bonds. The lowest BCUT2D eigenvalue weighted by Gasteiger charge is -2.10. The van der Waals surface area contributed by atoms with Gasteiger partial charge in [0.2, 0.25) is 0 Å². The van der Waals surface area contributed by atoms with E-state index in [0.717, 1.165) is 16.7 Å². The van der Waals surface area contributed by atoms with E-state index in [1.54, 1.807) is 33.5 Å². The molecule has 0 fully saturated rings. The van der Waals surface area contributed by atoms with Gasteiger partial charge in [0, 0.05) is 17.2 Å². The molecule has 25 heavy (non-hydrogen) atoms. The van der Waals surface area contributed by atoms with Crippen LogP contribution in [-0.4, -0.2) is 27.3 Å². The average molecular weight is 342 g/mol. The summed E-state index contributed by atoms with van der Waals surface area (Å²) in [5.74, 6) is 1.40. The van der Waals surface area contributed by atoms with Crippen molar-refractivity contribution in [2.75, 3.05) is 21.3 Å². The van der Waals surface area contributed by atoms with E-state index in [-0.39, 0.29) is 6.61 Å². The zero-order chi connectivity index (χ0) is 18.2. The number of ether oxygens (including phenoxy) is 4. The maximum Gasteiger partial charge on any atom is 0.331 e. The topological polar surface area (TPSA) is 54.0 Å². The molecule has 0 heterocycles. The molecule has 132 valence electrons. The minimum atomic E-state index is -0.451. The molecule has 0 aliphatic heterocycles. The van der Waals surface area contributed by atoms with Crippen LogP contribution in [-0.2, 0) is 16.1 Å². The highest BCUT2D eigenvalue weighted by molar-refractivity contribution is 5.87. The molecule has 0 N–H and O–H groups in total. The number of benzene rings is 2. The number of methoxy groups -OCH3 is 3. The Morgan fingerprint density at radius 3 is 2.44 bits per heavy atom. The predicted octanol–water partition coefficient (Wildman–Crippen LogP) is 3.78. The minimum absolute atomic E-state index is 0.142. The fourth-order valence-electron chi connectivity index (χ4n) is 2.42. The molecule has 0 bridgehead atoms. The molecule has 2 rings (SSSR count). The molecule has 0 atom stereocenters. The molecule has 5 nitrogen and oxygen atoms in total. The summed E-state index contributed by atoms with van der Waals surface area (Å²) in [6.45, 7) is 2.11. The van der Waals surface area contributed by atoms with Crippen LogP contribution in [0.2, 0.25) is 0 Å². The van der Waals surface area contributed by atoms with Crippen LogP contribution < -0.4 is 14.2 Å². The molecule has 0 aliphatic rings. The van der Waals surface area contributed by atoms with Gasteiger partial charge in [-0.3, -0.25) is 0 Å². The SMILES string of the molecule is COc1ccc(C)cc1COC(=O)/C=C/c1cccc(OC)c1OC. The molecule has 0 unspecified atom stereocenters. The first kappa shape index (κ1) is 18.4. The highest BCUT2D eigenvalue weighted by Gasteiger charge is 2.09. The zero-order valence-corrected chi connectivity index (χ0v) is 14.9. The average Bonchev–Trinajstić information content (AvgIpc) is 2.64. The lowest BCUT2D eigenvalue weighted by Crippen LogP contribution is -2.03. The predicted molar refractivity (Wildman–Crippen MR) is 96.1 cm³/mol. The van der Waals surface area contributed by atoms with Gasteiger partial charge in [0.15, 0.2) is 11.5 Å². The van der Waals surface area contributed by atoms with Crippen LogP contribution in [0.5, 0.6) is 17.2 Å². The standard InChI is InChI=1S/C20H22O5/c1-14-8-10-17(22-2)16(12-14)13-25-19(21)11-9-15-6-5-7-18(23-3)20(15)24-4/h5-12H,13H2,1-4H3/b11-9+. The third-order valence-electron chi connectivity index (χ3n) is 3.64. The van der Waals surface area contributed by atoms with Crippen LogP contribution in [0, 0.1) is 6.92 Å². The number of carbonyl (C=O) groups is 1. The second kappa shape index (κ2) is 8.78. The van der Waals surface area contributed by atoms with Gasteiger partial charge in [-0.15, -0.1) is 0 Å². The van der Waals surface area contributed by atoms with Crippen LogP contribution in [0.25, 0.3) is 6.08 Å². The summed E-state index contributed by atoms with van der Waals surface area (Å²) in [6.07, 6.45) is 3.00. The Bertz CT molecular complexity index is 765. The van der Waals surface area contributed by atoms with Crippen molar-refractivity contribution in [2.24, 2.45) is 0 Å².